The molecule has 4 aromatic rings. The summed E-state index contributed by atoms with van der Waals surface area (Å²) in [7, 11) is 0. The fourth-order valence-electron chi connectivity index (χ4n) is 3.96. The number of hydrogen-bond acceptors (Lipinski definition) is 7. The first-order valence-corrected chi connectivity index (χ1v) is 11.6. The van der Waals surface area contributed by atoms with E-state index < -0.39 is 0 Å². The van der Waals surface area contributed by atoms with Crippen molar-refractivity contribution in [1.82, 2.24) is 30.0 Å². The lowest BCUT2D eigenvalue weighted by Crippen LogP contribution is -2.39. The van der Waals surface area contributed by atoms with E-state index in [1.165, 1.54) is 0 Å². The van der Waals surface area contributed by atoms with Crippen LogP contribution in [0.25, 0.3) is 22.4 Å². The minimum atomic E-state index is 0.579. The fraction of sp³-hybridized carbons (Fsp3) is 0.333. The van der Waals surface area contributed by atoms with E-state index in [1.54, 1.807) is 6.20 Å². The summed E-state index contributed by atoms with van der Waals surface area (Å²) in [6, 6.07) is 13.9. The molecule has 0 saturated carbocycles. The first-order valence-electron chi connectivity index (χ1n) is 11.2. The zero-order chi connectivity index (χ0) is 22.5. The van der Waals surface area contributed by atoms with Crippen molar-refractivity contribution in [3.63, 3.8) is 0 Å². The molecule has 0 unspecified atom stereocenters. The fourth-order valence-corrected chi connectivity index (χ4v) is 4.19. The minimum absolute atomic E-state index is 0.579. The second-order valence-electron chi connectivity index (χ2n) is 8.02. The molecule has 170 valence electrons. The molecular weight excluding hydrogens is 438 g/mol. The van der Waals surface area contributed by atoms with Crippen LogP contribution in [0.4, 0.5) is 5.95 Å². The van der Waals surface area contributed by atoms with Crippen LogP contribution >= 0.6 is 11.6 Å². The van der Waals surface area contributed by atoms with Crippen LogP contribution in [0.15, 0.2) is 48.7 Å². The lowest BCUT2D eigenvalue weighted by atomic mass is 10.1. The summed E-state index contributed by atoms with van der Waals surface area (Å²) >= 11 is 6.29. The van der Waals surface area contributed by atoms with E-state index in [2.05, 4.69) is 36.4 Å². The van der Waals surface area contributed by atoms with E-state index in [9.17, 15) is 0 Å². The van der Waals surface area contributed by atoms with Crippen LogP contribution in [-0.4, -0.2) is 69.4 Å². The monoisotopic (exact) mass is 463 g/mol. The highest BCUT2D eigenvalue weighted by Crippen LogP contribution is 2.24. The van der Waals surface area contributed by atoms with Crippen LogP contribution in [0.5, 0.6) is 0 Å². The van der Waals surface area contributed by atoms with Gasteiger partial charge in [-0.05, 0) is 36.6 Å². The van der Waals surface area contributed by atoms with Crippen molar-refractivity contribution in [1.29, 1.82) is 0 Å². The number of aromatic nitrogens is 5. The Morgan fingerprint density at radius 3 is 2.79 bits per heavy atom. The zero-order valence-electron chi connectivity index (χ0n) is 18.3. The van der Waals surface area contributed by atoms with Gasteiger partial charge in [-0.3, -0.25) is 15.0 Å². The Hall–Kier alpha value is -3.07. The Morgan fingerprint density at radius 1 is 1.03 bits per heavy atom. The second-order valence-corrected chi connectivity index (χ2v) is 8.42. The molecule has 33 heavy (non-hydrogen) atoms. The number of benzene rings is 1. The highest BCUT2D eigenvalue weighted by Gasteiger charge is 2.13. The van der Waals surface area contributed by atoms with E-state index in [0.717, 1.165) is 85.3 Å². The van der Waals surface area contributed by atoms with Gasteiger partial charge in [0.15, 0.2) is 5.65 Å². The Labute approximate surface area is 197 Å². The van der Waals surface area contributed by atoms with E-state index in [0.29, 0.717) is 11.6 Å². The van der Waals surface area contributed by atoms with Gasteiger partial charge in [-0.1, -0.05) is 35.9 Å². The van der Waals surface area contributed by atoms with Crippen LogP contribution in [-0.2, 0) is 17.6 Å². The third-order valence-electron chi connectivity index (χ3n) is 5.80. The number of nitrogens with zero attached hydrogens (tertiary/aromatic N) is 5. The van der Waals surface area contributed by atoms with Crippen molar-refractivity contribution in [3.05, 3.63) is 64.9 Å². The third kappa shape index (κ3) is 5.30. The molecule has 0 spiro atoms. The molecule has 1 saturated heterocycles. The molecule has 5 rings (SSSR count). The maximum Gasteiger partial charge on any atom is 0.224 e. The number of hydrogen-bond donors (Lipinski definition) is 2. The molecule has 3 aromatic heterocycles. The number of ether oxygens (including phenoxy) is 1. The van der Waals surface area contributed by atoms with E-state index >= 15 is 0 Å². The van der Waals surface area contributed by atoms with Crippen molar-refractivity contribution in [2.75, 3.05) is 44.7 Å². The largest absolute Gasteiger partial charge is 0.379 e. The highest BCUT2D eigenvalue weighted by molar-refractivity contribution is 6.31. The van der Waals surface area contributed by atoms with Gasteiger partial charge in [-0.15, -0.1) is 0 Å². The molecule has 4 heterocycles. The highest BCUT2D eigenvalue weighted by atomic mass is 35.5. The summed E-state index contributed by atoms with van der Waals surface area (Å²) in [5.41, 5.74) is 4.39. The van der Waals surface area contributed by atoms with Crippen molar-refractivity contribution < 1.29 is 4.74 Å². The summed E-state index contributed by atoms with van der Waals surface area (Å²) in [5.74, 6) is 0.579. The Bertz CT molecular complexity index is 1220. The molecular formula is C24H26ClN7O. The molecule has 1 fully saturated rings. The number of morpholine rings is 1. The summed E-state index contributed by atoms with van der Waals surface area (Å²) < 4.78 is 5.39. The molecule has 2 N–H and O–H groups in total. The van der Waals surface area contributed by atoms with Gasteiger partial charge < -0.3 is 10.1 Å². The number of nitrogens with one attached hydrogen (secondary N) is 2. The number of anilines is 1. The van der Waals surface area contributed by atoms with Gasteiger partial charge >= 0.3 is 0 Å². The lowest BCUT2D eigenvalue weighted by Gasteiger charge is -2.26. The lowest BCUT2D eigenvalue weighted by molar-refractivity contribution is 0.0398. The minimum Gasteiger partial charge on any atom is -0.379 e. The number of halogens is 1. The van der Waals surface area contributed by atoms with Gasteiger partial charge in [0.2, 0.25) is 5.95 Å². The summed E-state index contributed by atoms with van der Waals surface area (Å²) in [4.78, 5) is 16.2. The third-order valence-corrected chi connectivity index (χ3v) is 6.17. The number of aryl methyl sites for hydroxylation is 2. The van der Waals surface area contributed by atoms with Gasteiger partial charge in [0.05, 0.1) is 30.0 Å². The molecule has 0 radical (unpaired) electrons. The molecule has 1 aliphatic rings. The molecule has 0 amide bonds. The molecule has 9 heteroatoms. The molecule has 1 aromatic carbocycles. The maximum atomic E-state index is 6.29. The average Bonchev–Trinajstić information content (AvgIpc) is 3.28. The van der Waals surface area contributed by atoms with E-state index in [4.69, 9.17) is 21.3 Å². The Balaban J connectivity index is 1.26. The van der Waals surface area contributed by atoms with Gasteiger partial charge in [0.25, 0.3) is 0 Å². The number of aromatic amines is 1. The van der Waals surface area contributed by atoms with Crippen LogP contribution in [0.2, 0.25) is 5.02 Å². The normalized spacial score (nSPS) is 14.6. The quantitative estimate of drug-likeness (QED) is 0.412. The summed E-state index contributed by atoms with van der Waals surface area (Å²) in [6.45, 7) is 5.24. The number of rotatable bonds is 8. The van der Waals surface area contributed by atoms with Crippen LogP contribution in [0.1, 0.15) is 11.3 Å². The van der Waals surface area contributed by atoms with Gasteiger partial charge in [0, 0.05) is 43.1 Å². The molecule has 1 aliphatic heterocycles. The first kappa shape index (κ1) is 21.8. The smallest absolute Gasteiger partial charge is 0.224 e. The van der Waals surface area contributed by atoms with E-state index in [1.807, 2.05) is 36.4 Å². The SMILES string of the molecule is Clc1ccccc1CCc1cccc(-c2[nH]nc3nc(NCCN4CCOCC4)ncc23)n1. The number of fused-ring (bicyclic) bond motifs is 1. The molecule has 0 atom stereocenters. The van der Waals surface area contributed by atoms with Gasteiger partial charge in [-0.25, -0.2) is 4.98 Å². The van der Waals surface area contributed by atoms with Crippen molar-refractivity contribution in [2.24, 2.45) is 0 Å². The van der Waals surface area contributed by atoms with Crippen LogP contribution < -0.4 is 5.32 Å². The summed E-state index contributed by atoms with van der Waals surface area (Å²) in [5, 5.41) is 12.4. The van der Waals surface area contributed by atoms with E-state index in [-0.39, 0.29) is 0 Å². The summed E-state index contributed by atoms with van der Waals surface area (Å²) in [6.07, 6.45) is 3.44. The van der Waals surface area contributed by atoms with Gasteiger partial charge in [-0.2, -0.15) is 10.1 Å². The standard InChI is InChI=1S/C24H26ClN7O/c25-20-6-2-1-4-17(20)8-9-18-5-3-7-21(28-18)22-19-16-27-24(29-23(19)31-30-22)26-10-11-32-12-14-33-15-13-32/h1-7,16H,8-15H2,(H2,26,27,29,30,31). The molecule has 0 aliphatic carbocycles. The first-order chi connectivity index (χ1) is 16.3. The molecule has 0 bridgehead atoms. The predicted molar refractivity (Wildman–Crippen MR) is 130 cm³/mol. The zero-order valence-corrected chi connectivity index (χ0v) is 19.1. The Morgan fingerprint density at radius 2 is 1.91 bits per heavy atom. The van der Waals surface area contributed by atoms with Crippen molar-refractivity contribution in [3.8, 4) is 11.4 Å². The predicted octanol–water partition coefficient (Wildman–Crippen LogP) is 3.60. The van der Waals surface area contributed by atoms with Crippen LogP contribution in [0, 0.1) is 0 Å². The second kappa shape index (κ2) is 10.2. The maximum absolute atomic E-state index is 6.29. The Kier molecular flexibility index (Phi) is 6.76. The van der Waals surface area contributed by atoms with Crippen molar-refractivity contribution >= 4 is 28.6 Å². The number of pyridine rings is 1. The van der Waals surface area contributed by atoms with Gasteiger partial charge in [0.1, 0.15) is 0 Å². The van der Waals surface area contributed by atoms with Crippen LogP contribution in [0.3, 0.4) is 0 Å². The topological polar surface area (TPSA) is 91.9 Å². The molecule has 8 nitrogen and oxygen atoms in total. The van der Waals surface area contributed by atoms with Crippen molar-refractivity contribution in [2.45, 2.75) is 12.8 Å². The average molecular weight is 464 g/mol. The number of H-pyrrole nitrogens is 1.